The van der Waals surface area contributed by atoms with Crippen LogP contribution in [0, 0.1) is 0 Å². The van der Waals surface area contributed by atoms with Crippen LogP contribution in [-0.2, 0) is 8.85 Å². The molecule has 0 aromatic heterocycles. The second-order valence-electron chi connectivity index (χ2n) is 6.06. The Morgan fingerprint density at radius 3 is 1.31 bits per heavy atom. The minimum Gasteiger partial charge on any atom is -0.380 e. The monoisotopic (exact) mass is 247 g/mol. The van der Waals surface area contributed by atoms with E-state index in [9.17, 15) is 0 Å². The van der Waals surface area contributed by atoms with E-state index in [4.69, 9.17) is 8.85 Å². The number of hydrogen-bond donors (Lipinski definition) is 0. The van der Waals surface area contributed by atoms with Crippen molar-refractivity contribution in [3.63, 3.8) is 0 Å². The maximum atomic E-state index is 6.22. The van der Waals surface area contributed by atoms with E-state index in [1.165, 1.54) is 0 Å². The summed E-state index contributed by atoms with van der Waals surface area (Å²) in [5, 5.41) is 0.0189. The van der Waals surface area contributed by atoms with Crippen molar-refractivity contribution in [3.05, 3.63) is 0 Å². The summed E-state index contributed by atoms with van der Waals surface area (Å²) < 4.78 is 14.6. The summed E-state index contributed by atoms with van der Waals surface area (Å²) in [7, 11) is 1.75. The Kier molecular flexibility index (Phi) is 5.66. The molecule has 0 atom stereocenters. The van der Waals surface area contributed by atoms with Crippen LogP contribution in [0.5, 0.6) is 0 Å². The van der Waals surface area contributed by atoms with E-state index in [0.717, 1.165) is 0 Å². The Labute approximate surface area is 102 Å². The molecule has 0 aliphatic carbocycles. The smallest absolute Gasteiger partial charge is 0.380 e. The lowest BCUT2D eigenvalue weighted by Crippen LogP contribution is -2.63. The molecule has 0 saturated carbocycles. The molecule has 0 unspecified atom stereocenters. The van der Waals surface area contributed by atoms with Crippen LogP contribution >= 0.6 is 0 Å². The summed E-state index contributed by atoms with van der Waals surface area (Å²) in [5.74, 6) is 0. The molecule has 0 rings (SSSR count). The highest BCUT2D eigenvalue weighted by molar-refractivity contribution is 6.67. The number of hydrogen-bond acceptors (Lipinski definition) is 3. The Morgan fingerprint density at radius 1 is 0.875 bits per heavy atom. The van der Waals surface area contributed by atoms with Crippen LogP contribution < -0.4 is 0 Å². The van der Waals surface area contributed by atoms with Gasteiger partial charge in [0.2, 0.25) is 0 Å². The molecule has 4 heteroatoms. The predicted octanol–water partition coefficient (Wildman–Crippen LogP) is 3.14. The average molecular weight is 247 g/mol. The van der Waals surface area contributed by atoms with E-state index in [1.807, 2.05) is 0 Å². The van der Waals surface area contributed by atoms with Crippen molar-refractivity contribution in [2.75, 3.05) is 14.1 Å². The van der Waals surface area contributed by atoms with Gasteiger partial charge in [-0.15, -0.1) is 0 Å². The highest BCUT2D eigenvalue weighted by atomic mass is 28.4. The van der Waals surface area contributed by atoms with Crippen molar-refractivity contribution in [1.82, 2.24) is 4.57 Å². The summed E-state index contributed by atoms with van der Waals surface area (Å²) >= 11 is 0. The summed E-state index contributed by atoms with van der Waals surface area (Å²) in [4.78, 5) is 0. The largest absolute Gasteiger partial charge is 0.433 e. The van der Waals surface area contributed by atoms with Crippen molar-refractivity contribution < 1.29 is 8.85 Å². The molecule has 16 heavy (non-hydrogen) atoms. The van der Waals surface area contributed by atoms with Crippen molar-refractivity contribution in [2.45, 2.75) is 65.7 Å². The van der Waals surface area contributed by atoms with Gasteiger partial charge in [0.1, 0.15) is 0 Å². The molecule has 0 aliphatic heterocycles. The molecule has 0 aromatic carbocycles. The topological polar surface area (TPSA) is 21.7 Å². The van der Waals surface area contributed by atoms with Crippen LogP contribution in [0.4, 0.5) is 0 Å². The second kappa shape index (κ2) is 5.62. The molecular formula is C12H29NO2Si. The first-order valence-corrected chi connectivity index (χ1v) is 7.82. The number of rotatable bonds is 5. The fraction of sp³-hybridized carbons (Fsp3) is 1.00. The maximum absolute atomic E-state index is 6.22. The van der Waals surface area contributed by atoms with Crippen molar-refractivity contribution in [2.24, 2.45) is 0 Å². The molecule has 0 bridgehead atoms. The zero-order chi connectivity index (χ0) is 13.1. The minimum absolute atomic E-state index is 0.0189. The van der Waals surface area contributed by atoms with E-state index in [2.05, 4.69) is 67.1 Å². The van der Waals surface area contributed by atoms with Crippen LogP contribution in [0.25, 0.3) is 0 Å². The Morgan fingerprint density at radius 2 is 1.19 bits per heavy atom. The molecule has 98 valence electrons. The summed E-state index contributed by atoms with van der Waals surface area (Å²) in [6.07, 6.45) is 0.374. The van der Waals surface area contributed by atoms with Crippen LogP contribution in [0.15, 0.2) is 0 Å². The lowest BCUT2D eigenvalue weighted by Gasteiger charge is -2.46. The fourth-order valence-corrected chi connectivity index (χ4v) is 5.71. The van der Waals surface area contributed by atoms with Gasteiger partial charge in [-0.2, -0.15) is 0 Å². The van der Waals surface area contributed by atoms with E-state index < -0.39 is 8.72 Å². The molecule has 0 spiro atoms. The van der Waals surface area contributed by atoms with Gasteiger partial charge in [-0.25, -0.2) is 0 Å². The van der Waals surface area contributed by atoms with Gasteiger partial charge in [0.05, 0.1) is 0 Å². The van der Waals surface area contributed by atoms with Gasteiger partial charge in [-0.05, 0) is 41.8 Å². The predicted molar refractivity (Wildman–Crippen MR) is 71.6 cm³/mol. The first-order valence-electron chi connectivity index (χ1n) is 6.06. The zero-order valence-electron chi connectivity index (χ0n) is 12.4. The van der Waals surface area contributed by atoms with Gasteiger partial charge in [0.15, 0.2) is 0 Å². The molecule has 0 aromatic rings. The van der Waals surface area contributed by atoms with E-state index in [-0.39, 0.29) is 17.2 Å². The lowest BCUT2D eigenvalue weighted by atomic mass is 10.3. The van der Waals surface area contributed by atoms with Crippen molar-refractivity contribution in [1.29, 1.82) is 0 Å². The van der Waals surface area contributed by atoms with E-state index in [1.54, 1.807) is 0 Å². The molecule has 0 N–H and O–H groups in total. The third-order valence-electron chi connectivity index (χ3n) is 2.33. The normalized spacial score (nSPS) is 14.2. The Hall–Kier alpha value is 0.0969. The van der Waals surface area contributed by atoms with Crippen LogP contribution in [0.1, 0.15) is 48.5 Å². The third-order valence-corrected chi connectivity index (χ3v) is 6.98. The highest BCUT2D eigenvalue weighted by Gasteiger charge is 2.54. The molecule has 3 nitrogen and oxygen atoms in total. The lowest BCUT2D eigenvalue weighted by molar-refractivity contribution is 0.0541. The molecule has 0 fully saturated rings. The van der Waals surface area contributed by atoms with Crippen LogP contribution in [-0.4, -0.2) is 39.6 Å². The second-order valence-corrected chi connectivity index (χ2v) is 10.1. The van der Waals surface area contributed by atoms with Crippen molar-refractivity contribution in [3.8, 4) is 0 Å². The molecule has 0 amide bonds. The molecular weight excluding hydrogens is 218 g/mol. The van der Waals surface area contributed by atoms with Crippen LogP contribution in [0.3, 0.4) is 0 Å². The average Bonchev–Trinajstić information content (AvgIpc) is 1.97. The van der Waals surface area contributed by atoms with Crippen LogP contribution in [0.2, 0.25) is 5.04 Å². The van der Waals surface area contributed by atoms with Gasteiger partial charge in [0, 0.05) is 17.2 Å². The summed E-state index contributed by atoms with van der Waals surface area (Å²) in [6.45, 7) is 14.9. The highest BCUT2D eigenvalue weighted by Crippen LogP contribution is 2.40. The minimum atomic E-state index is -2.37. The number of nitrogens with zero attached hydrogens (tertiary/aromatic N) is 1. The van der Waals surface area contributed by atoms with E-state index >= 15 is 0 Å². The molecule has 0 saturated heterocycles. The van der Waals surface area contributed by atoms with Gasteiger partial charge < -0.3 is 8.85 Å². The van der Waals surface area contributed by atoms with Gasteiger partial charge >= 0.3 is 8.72 Å². The molecule has 0 aliphatic rings. The van der Waals surface area contributed by atoms with Gasteiger partial charge in [-0.3, -0.25) is 4.57 Å². The van der Waals surface area contributed by atoms with Gasteiger partial charge in [-0.1, -0.05) is 20.8 Å². The van der Waals surface area contributed by atoms with E-state index in [0.29, 0.717) is 0 Å². The SMILES string of the molecule is CC(C)O[Si](OC(C)C)(N(C)C)C(C)(C)C. The summed E-state index contributed by atoms with van der Waals surface area (Å²) in [5.41, 5.74) is 0. The first kappa shape index (κ1) is 16.1. The standard InChI is InChI=1S/C12H29NO2Si/c1-10(2)14-16(13(8)9,12(5,6)7)15-11(3)4/h10-11H,1-9H3. The Bertz CT molecular complexity index is 200. The Balaban J connectivity index is 5.23. The quantitative estimate of drug-likeness (QED) is 0.697. The third kappa shape index (κ3) is 3.84. The molecule has 0 radical (unpaired) electrons. The first-order chi connectivity index (χ1) is 7.03. The van der Waals surface area contributed by atoms with Crippen molar-refractivity contribution >= 4 is 8.72 Å². The maximum Gasteiger partial charge on any atom is 0.433 e. The molecule has 0 heterocycles. The summed E-state index contributed by atoms with van der Waals surface area (Å²) in [6, 6.07) is 0. The van der Waals surface area contributed by atoms with Gasteiger partial charge in [0.25, 0.3) is 0 Å². The fourth-order valence-electron chi connectivity index (χ4n) is 1.90. The zero-order valence-corrected chi connectivity index (χ0v) is 13.4.